The van der Waals surface area contributed by atoms with Crippen molar-refractivity contribution in [1.82, 2.24) is 10.2 Å². The Morgan fingerprint density at radius 2 is 1.97 bits per heavy atom. The Morgan fingerprint density at radius 1 is 1.19 bits per heavy atom. The molecule has 0 saturated carbocycles. The maximum absolute atomic E-state index is 12.5. The van der Waals surface area contributed by atoms with E-state index < -0.39 is 23.0 Å². The molecule has 2 aromatic rings. The lowest BCUT2D eigenvalue weighted by atomic mass is 10.2. The minimum atomic E-state index is -0.536. The largest absolute Gasteiger partial charge is 0.482 e. The molecule has 0 bridgehead atoms. The summed E-state index contributed by atoms with van der Waals surface area (Å²) in [6.45, 7) is 1.59. The molecule has 9 nitrogen and oxygen atoms in total. The van der Waals surface area contributed by atoms with E-state index in [1.165, 1.54) is 6.26 Å². The van der Waals surface area contributed by atoms with Gasteiger partial charge in [0.25, 0.3) is 11.1 Å². The molecule has 1 aromatic heterocycles. The summed E-state index contributed by atoms with van der Waals surface area (Å²) in [7, 11) is 0. The molecule has 0 atom stereocenters. The van der Waals surface area contributed by atoms with Gasteiger partial charge < -0.3 is 19.2 Å². The van der Waals surface area contributed by atoms with Crippen molar-refractivity contribution in [1.29, 1.82) is 0 Å². The summed E-state index contributed by atoms with van der Waals surface area (Å²) < 4.78 is 15.2. The molecule has 1 aliphatic heterocycles. The second-order valence-corrected chi connectivity index (χ2v) is 7.28. The van der Waals surface area contributed by atoms with Gasteiger partial charge in [-0.1, -0.05) is 12.1 Å². The average molecular weight is 444 g/mol. The first kappa shape index (κ1) is 22.2. The number of carbonyl (C=O) groups is 4. The summed E-state index contributed by atoms with van der Waals surface area (Å²) in [5.74, 6) is -0.439. The molecule has 0 spiro atoms. The average Bonchev–Trinajstić information content (AvgIpc) is 3.36. The molecule has 162 valence electrons. The van der Waals surface area contributed by atoms with Crippen LogP contribution in [0.5, 0.6) is 5.75 Å². The first-order chi connectivity index (χ1) is 15.0. The van der Waals surface area contributed by atoms with Crippen molar-refractivity contribution in [2.45, 2.75) is 13.5 Å². The molecule has 1 N–H and O–H groups in total. The predicted molar refractivity (Wildman–Crippen MR) is 112 cm³/mol. The number of hydrogen-bond donors (Lipinski definition) is 1. The van der Waals surface area contributed by atoms with Crippen molar-refractivity contribution in [2.24, 2.45) is 0 Å². The molecule has 1 aliphatic rings. The van der Waals surface area contributed by atoms with Crippen LogP contribution in [0.2, 0.25) is 0 Å². The number of rotatable bonds is 9. The SMILES string of the molecule is CCOC(=O)COc1ccc(/C=C2\SC(=O)N(CC(=O)NCc3ccco3)C2=O)cc1. The quantitative estimate of drug-likeness (QED) is 0.464. The van der Waals surface area contributed by atoms with Crippen LogP contribution >= 0.6 is 11.8 Å². The van der Waals surface area contributed by atoms with E-state index in [2.05, 4.69) is 5.32 Å². The second-order valence-electron chi connectivity index (χ2n) is 6.29. The molecule has 31 heavy (non-hydrogen) atoms. The lowest BCUT2D eigenvalue weighted by Gasteiger charge is -2.11. The molecule has 1 saturated heterocycles. The molecule has 10 heteroatoms. The van der Waals surface area contributed by atoms with Crippen LogP contribution in [-0.2, 0) is 25.7 Å². The van der Waals surface area contributed by atoms with E-state index >= 15 is 0 Å². The van der Waals surface area contributed by atoms with Gasteiger partial charge in [0.05, 0.1) is 24.3 Å². The first-order valence-electron chi connectivity index (χ1n) is 9.39. The third kappa shape index (κ3) is 6.22. The second kappa shape index (κ2) is 10.5. The van der Waals surface area contributed by atoms with Crippen LogP contribution in [0.15, 0.2) is 52.0 Å². The summed E-state index contributed by atoms with van der Waals surface area (Å²) in [6.07, 6.45) is 3.04. The highest BCUT2D eigenvalue weighted by Crippen LogP contribution is 2.32. The third-order valence-electron chi connectivity index (χ3n) is 4.06. The highest BCUT2D eigenvalue weighted by atomic mass is 32.2. The molecular formula is C21H20N2O7S. The smallest absolute Gasteiger partial charge is 0.344 e. The van der Waals surface area contributed by atoms with Crippen molar-refractivity contribution in [2.75, 3.05) is 19.8 Å². The number of esters is 1. The fourth-order valence-corrected chi connectivity index (χ4v) is 3.43. The van der Waals surface area contributed by atoms with Crippen LogP contribution in [0.1, 0.15) is 18.2 Å². The van der Waals surface area contributed by atoms with Crippen LogP contribution in [0, 0.1) is 0 Å². The Labute approximate surface area is 182 Å². The Morgan fingerprint density at radius 3 is 2.65 bits per heavy atom. The van der Waals surface area contributed by atoms with Gasteiger partial charge in [0.15, 0.2) is 6.61 Å². The van der Waals surface area contributed by atoms with Crippen molar-refractivity contribution >= 4 is 40.9 Å². The lowest BCUT2D eigenvalue weighted by molar-refractivity contribution is -0.145. The number of nitrogens with zero attached hydrogens (tertiary/aromatic N) is 1. The summed E-state index contributed by atoms with van der Waals surface area (Å²) >= 11 is 0.766. The predicted octanol–water partition coefficient (Wildman–Crippen LogP) is 2.57. The zero-order valence-electron chi connectivity index (χ0n) is 16.7. The van der Waals surface area contributed by atoms with E-state index in [0.717, 1.165) is 16.7 Å². The molecule has 0 unspecified atom stereocenters. The third-order valence-corrected chi connectivity index (χ3v) is 4.96. The van der Waals surface area contributed by atoms with Crippen molar-refractivity contribution < 1.29 is 33.1 Å². The van der Waals surface area contributed by atoms with E-state index in [1.54, 1.807) is 49.4 Å². The molecular weight excluding hydrogens is 424 g/mol. The highest BCUT2D eigenvalue weighted by molar-refractivity contribution is 8.18. The highest BCUT2D eigenvalue weighted by Gasteiger charge is 2.36. The van der Waals surface area contributed by atoms with Gasteiger partial charge >= 0.3 is 5.97 Å². The summed E-state index contributed by atoms with van der Waals surface area (Å²) in [6, 6.07) is 10.0. The summed E-state index contributed by atoms with van der Waals surface area (Å²) in [5, 5.41) is 2.08. The number of nitrogens with one attached hydrogen (secondary N) is 1. The number of ether oxygens (including phenoxy) is 2. The van der Waals surface area contributed by atoms with Gasteiger partial charge in [-0.25, -0.2) is 4.79 Å². The van der Waals surface area contributed by atoms with Crippen LogP contribution in [0.3, 0.4) is 0 Å². The molecule has 0 radical (unpaired) electrons. The maximum Gasteiger partial charge on any atom is 0.344 e. The summed E-state index contributed by atoms with van der Waals surface area (Å²) in [4.78, 5) is 49.2. The zero-order chi connectivity index (χ0) is 22.2. The Bertz CT molecular complexity index is 984. The fraction of sp³-hybridized carbons (Fsp3) is 0.238. The minimum Gasteiger partial charge on any atom is -0.482 e. The van der Waals surface area contributed by atoms with Gasteiger partial charge in [0, 0.05) is 0 Å². The number of amides is 3. The topological polar surface area (TPSA) is 115 Å². The monoisotopic (exact) mass is 444 g/mol. The van der Waals surface area contributed by atoms with Crippen LogP contribution in [-0.4, -0.2) is 47.7 Å². The number of thioether (sulfide) groups is 1. The van der Waals surface area contributed by atoms with Gasteiger partial charge in [0.1, 0.15) is 18.1 Å². The standard InChI is InChI=1S/C21H20N2O7S/c1-2-28-19(25)13-30-15-7-5-14(6-8-15)10-17-20(26)23(21(27)31-17)12-18(24)22-11-16-4-3-9-29-16/h3-10H,2,11-13H2,1H3,(H,22,24)/b17-10-. The van der Waals surface area contributed by atoms with E-state index in [1.807, 2.05) is 0 Å². The number of hydrogen-bond acceptors (Lipinski definition) is 8. The van der Waals surface area contributed by atoms with Crippen LogP contribution in [0.25, 0.3) is 6.08 Å². The number of benzene rings is 1. The molecule has 0 aliphatic carbocycles. The van der Waals surface area contributed by atoms with Gasteiger partial charge in [0.2, 0.25) is 5.91 Å². The molecule has 3 rings (SSSR count). The Kier molecular flexibility index (Phi) is 7.50. The lowest BCUT2D eigenvalue weighted by Crippen LogP contribution is -2.39. The summed E-state index contributed by atoms with van der Waals surface area (Å²) in [5.41, 5.74) is 0.663. The molecule has 1 fully saturated rings. The van der Waals surface area contributed by atoms with E-state index in [-0.39, 0.29) is 31.2 Å². The molecule has 2 heterocycles. The normalized spacial score (nSPS) is 14.7. The van der Waals surface area contributed by atoms with E-state index in [0.29, 0.717) is 17.1 Å². The van der Waals surface area contributed by atoms with Gasteiger partial charge in [-0.15, -0.1) is 0 Å². The zero-order valence-corrected chi connectivity index (χ0v) is 17.5. The Hall–Kier alpha value is -3.53. The fourth-order valence-electron chi connectivity index (χ4n) is 2.59. The van der Waals surface area contributed by atoms with Gasteiger partial charge in [-0.3, -0.25) is 19.3 Å². The molecule has 1 aromatic carbocycles. The Balaban J connectivity index is 1.55. The first-order valence-corrected chi connectivity index (χ1v) is 10.2. The van der Waals surface area contributed by atoms with E-state index in [4.69, 9.17) is 13.9 Å². The van der Waals surface area contributed by atoms with Gasteiger partial charge in [-0.2, -0.15) is 0 Å². The number of furan rings is 1. The van der Waals surface area contributed by atoms with Gasteiger partial charge in [-0.05, 0) is 54.6 Å². The van der Waals surface area contributed by atoms with E-state index in [9.17, 15) is 19.2 Å². The van der Waals surface area contributed by atoms with Crippen LogP contribution < -0.4 is 10.1 Å². The van der Waals surface area contributed by atoms with Crippen molar-refractivity contribution in [3.05, 3.63) is 58.9 Å². The maximum atomic E-state index is 12.5. The molecule has 3 amide bonds. The number of imide groups is 1. The van der Waals surface area contributed by atoms with Crippen LogP contribution in [0.4, 0.5) is 4.79 Å². The number of carbonyl (C=O) groups excluding carboxylic acids is 4. The van der Waals surface area contributed by atoms with Crippen molar-refractivity contribution in [3.8, 4) is 5.75 Å². The minimum absolute atomic E-state index is 0.169. The van der Waals surface area contributed by atoms with Crippen molar-refractivity contribution in [3.63, 3.8) is 0 Å².